The Morgan fingerprint density at radius 2 is 1.56 bits per heavy atom. The summed E-state index contributed by atoms with van der Waals surface area (Å²) in [7, 11) is 0. The van der Waals surface area contributed by atoms with Crippen LogP contribution in [0, 0.1) is 36.5 Å². The predicted octanol–water partition coefficient (Wildman–Crippen LogP) is 4.32. The first-order valence-corrected chi connectivity index (χ1v) is 11.3. The molecule has 2 amide bonds. The highest BCUT2D eigenvalue weighted by atomic mass is 16.6. The summed E-state index contributed by atoms with van der Waals surface area (Å²) in [5.74, 6) is -0.490. The van der Waals surface area contributed by atoms with Crippen molar-refractivity contribution in [2.24, 2.45) is 34.7 Å². The van der Waals surface area contributed by atoms with E-state index in [9.17, 15) is 9.59 Å². The number of rotatable bonds is 2. The highest BCUT2D eigenvalue weighted by molar-refractivity contribution is 6.23. The van der Waals surface area contributed by atoms with Gasteiger partial charge in [0.25, 0.3) is 0 Å². The SMILES string of the molecule is Cc1ccc(C2=NO[C@H]3[C@@H]4C[C@H]([C@H]5C(=O)N(c6ccc7ccccc7c6)C(=O)[C@H]45)[C@H]23)cc1. The van der Waals surface area contributed by atoms with Crippen molar-refractivity contribution in [3.8, 4) is 0 Å². The summed E-state index contributed by atoms with van der Waals surface area (Å²) in [5.41, 5.74) is 3.85. The van der Waals surface area contributed by atoms with Crippen LogP contribution >= 0.6 is 0 Å². The Morgan fingerprint density at radius 3 is 2.34 bits per heavy atom. The Bertz CT molecular complexity index is 1330. The summed E-state index contributed by atoms with van der Waals surface area (Å²) in [4.78, 5) is 34.5. The highest BCUT2D eigenvalue weighted by Gasteiger charge is 2.70. The molecule has 0 aromatic heterocycles. The van der Waals surface area contributed by atoms with Gasteiger partial charge in [-0.25, -0.2) is 0 Å². The molecule has 2 saturated carbocycles. The average Bonchev–Trinajstić information content (AvgIpc) is 3.54. The first-order chi connectivity index (χ1) is 15.6. The van der Waals surface area contributed by atoms with Crippen molar-refractivity contribution >= 4 is 34.0 Å². The molecular formula is C27H22N2O3. The average molecular weight is 422 g/mol. The summed E-state index contributed by atoms with van der Waals surface area (Å²) in [6, 6.07) is 22.1. The minimum absolute atomic E-state index is 0.0450. The van der Waals surface area contributed by atoms with Gasteiger partial charge in [0.2, 0.25) is 11.8 Å². The molecule has 2 aliphatic carbocycles. The molecule has 6 atom stereocenters. The van der Waals surface area contributed by atoms with E-state index in [1.807, 2.05) is 42.5 Å². The quantitative estimate of drug-likeness (QED) is 0.578. The summed E-state index contributed by atoms with van der Waals surface area (Å²) in [6.07, 6.45) is 0.754. The fourth-order valence-corrected chi connectivity index (χ4v) is 6.66. The van der Waals surface area contributed by atoms with Crippen molar-refractivity contribution in [2.45, 2.75) is 19.4 Å². The van der Waals surface area contributed by atoms with Crippen molar-refractivity contribution in [3.05, 3.63) is 77.9 Å². The molecule has 2 bridgehead atoms. The molecule has 0 spiro atoms. The van der Waals surface area contributed by atoms with Crippen molar-refractivity contribution in [1.82, 2.24) is 0 Å². The van der Waals surface area contributed by atoms with Crippen LogP contribution < -0.4 is 4.90 Å². The molecule has 3 aromatic rings. The second-order valence-corrected chi connectivity index (χ2v) is 9.60. The molecule has 0 unspecified atom stereocenters. The van der Waals surface area contributed by atoms with Gasteiger partial charge in [-0.1, -0.05) is 65.3 Å². The number of oxime groups is 1. The number of anilines is 1. The largest absolute Gasteiger partial charge is 0.391 e. The van der Waals surface area contributed by atoms with Crippen LogP contribution in [0.5, 0.6) is 0 Å². The maximum Gasteiger partial charge on any atom is 0.238 e. The van der Waals surface area contributed by atoms with Gasteiger partial charge in [0.15, 0.2) is 0 Å². The zero-order valence-corrected chi connectivity index (χ0v) is 17.6. The van der Waals surface area contributed by atoms with Gasteiger partial charge in [0.1, 0.15) is 6.10 Å². The molecule has 7 rings (SSSR count). The van der Waals surface area contributed by atoms with Gasteiger partial charge in [-0.3, -0.25) is 14.5 Å². The predicted molar refractivity (Wildman–Crippen MR) is 121 cm³/mol. The first kappa shape index (κ1) is 18.1. The van der Waals surface area contributed by atoms with Crippen molar-refractivity contribution in [2.75, 3.05) is 4.90 Å². The Hall–Kier alpha value is -3.47. The highest BCUT2D eigenvalue weighted by Crippen LogP contribution is 2.62. The lowest BCUT2D eigenvalue weighted by Crippen LogP contribution is -2.41. The summed E-state index contributed by atoms with van der Waals surface area (Å²) >= 11 is 0. The summed E-state index contributed by atoms with van der Waals surface area (Å²) in [5, 5.41) is 6.55. The molecule has 32 heavy (non-hydrogen) atoms. The summed E-state index contributed by atoms with van der Waals surface area (Å²) in [6.45, 7) is 2.06. The second-order valence-electron chi connectivity index (χ2n) is 9.60. The van der Waals surface area contributed by atoms with Crippen LogP contribution in [-0.4, -0.2) is 23.6 Å². The van der Waals surface area contributed by atoms with E-state index < -0.39 is 0 Å². The molecule has 3 fully saturated rings. The number of carbonyl (C=O) groups excluding carboxylic acids is 2. The van der Waals surface area contributed by atoms with Crippen LogP contribution in [0.15, 0.2) is 71.9 Å². The topological polar surface area (TPSA) is 59.0 Å². The van der Waals surface area contributed by atoms with Gasteiger partial charge in [-0.15, -0.1) is 0 Å². The third-order valence-electron chi connectivity index (χ3n) is 8.03. The van der Waals surface area contributed by atoms with E-state index in [4.69, 9.17) is 4.84 Å². The molecule has 158 valence electrons. The zero-order valence-electron chi connectivity index (χ0n) is 17.6. The molecule has 5 nitrogen and oxygen atoms in total. The second kappa shape index (κ2) is 6.28. The van der Waals surface area contributed by atoms with E-state index in [1.54, 1.807) is 0 Å². The lowest BCUT2D eigenvalue weighted by molar-refractivity contribution is -0.125. The van der Waals surface area contributed by atoms with E-state index in [0.717, 1.165) is 28.5 Å². The zero-order chi connectivity index (χ0) is 21.6. The molecule has 1 saturated heterocycles. The lowest BCUT2D eigenvalue weighted by Gasteiger charge is -2.29. The number of aryl methyl sites for hydroxylation is 1. The van der Waals surface area contributed by atoms with Crippen LogP contribution in [-0.2, 0) is 14.4 Å². The smallest absolute Gasteiger partial charge is 0.238 e. The third-order valence-corrected chi connectivity index (χ3v) is 8.03. The number of hydrogen-bond acceptors (Lipinski definition) is 4. The molecule has 4 aliphatic rings. The van der Waals surface area contributed by atoms with E-state index in [2.05, 4.69) is 36.3 Å². The number of carbonyl (C=O) groups is 2. The number of nitrogens with zero attached hydrogens (tertiary/aromatic N) is 2. The van der Waals surface area contributed by atoms with Gasteiger partial charge < -0.3 is 4.84 Å². The standard InChI is InChI=1S/C27H22N2O3/c1-14-6-8-16(9-7-14)24-23-19-13-20(25(23)32-28-24)22-21(19)26(30)29(27(22)31)18-11-10-15-4-2-3-5-17(15)12-18/h2-12,19-23,25H,13H2,1H3/t19-,20-,21-,22-,23-,25+/m1/s1. The normalized spacial score (nSPS) is 32.3. The Balaban J connectivity index is 1.25. The number of imide groups is 1. The minimum Gasteiger partial charge on any atom is -0.391 e. The van der Waals surface area contributed by atoms with Crippen LogP contribution in [0.3, 0.4) is 0 Å². The molecule has 0 radical (unpaired) electrons. The van der Waals surface area contributed by atoms with E-state index >= 15 is 0 Å². The van der Waals surface area contributed by atoms with Gasteiger partial charge in [-0.05, 0) is 47.7 Å². The van der Waals surface area contributed by atoms with E-state index in [1.165, 1.54) is 10.5 Å². The fourth-order valence-electron chi connectivity index (χ4n) is 6.66. The van der Waals surface area contributed by atoms with Crippen LogP contribution in [0.25, 0.3) is 10.8 Å². The number of hydrogen-bond donors (Lipinski definition) is 0. The molecule has 5 heteroatoms. The Morgan fingerprint density at radius 1 is 0.844 bits per heavy atom. The Labute approximate surface area is 185 Å². The molecule has 3 aromatic carbocycles. The first-order valence-electron chi connectivity index (χ1n) is 11.3. The van der Waals surface area contributed by atoms with Gasteiger partial charge in [0, 0.05) is 11.8 Å². The number of fused-ring (bicyclic) bond motifs is 9. The van der Waals surface area contributed by atoms with Gasteiger partial charge in [-0.2, -0.15) is 0 Å². The van der Waals surface area contributed by atoms with Crippen molar-refractivity contribution in [1.29, 1.82) is 0 Å². The van der Waals surface area contributed by atoms with E-state index in [-0.39, 0.29) is 47.5 Å². The lowest BCUT2D eigenvalue weighted by atomic mass is 9.71. The fraction of sp³-hybridized carbons (Fsp3) is 0.296. The van der Waals surface area contributed by atoms with Crippen molar-refractivity contribution in [3.63, 3.8) is 0 Å². The van der Waals surface area contributed by atoms with Crippen LogP contribution in [0.2, 0.25) is 0 Å². The van der Waals surface area contributed by atoms with Gasteiger partial charge >= 0.3 is 0 Å². The van der Waals surface area contributed by atoms with Gasteiger partial charge in [0.05, 0.1) is 23.2 Å². The number of amides is 2. The van der Waals surface area contributed by atoms with E-state index in [0.29, 0.717) is 5.69 Å². The summed E-state index contributed by atoms with van der Waals surface area (Å²) < 4.78 is 0. The Kier molecular flexibility index (Phi) is 3.56. The van der Waals surface area contributed by atoms with Crippen molar-refractivity contribution < 1.29 is 14.4 Å². The van der Waals surface area contributed by atoms with Crippen LogP contribution in [0.4, 0.5) is 5.69 Å². The molecule has 2 aliphatic heterocycles. The monoisotopic (exact) mass is 422 g/mol. The molecule has 2 heterocycles. The number of benzene rings is 3. The molecule has 0 N–H and O–H groups in total. The minimum atomic E-state index is -0.298. The maximum absolute atomic E-state index is 13.6. The molecular weight excluding hydrogens is 400 g/mol. The third kappa shape index (κ3) is 2.26. The maximum atomic E-state index is 13.6. The van der Waals surface area contributed by atoms with Crippen LogP contribution in [0.1, 0.15) is 17.5 Å².